The molecule has 2 heterocycles. The van der Waals surface area contributed by atoms with Crippen LogP contribution in [0.25, 0.3) is 10.8 Å². The van der Waals surface area contributed by atoms with Crippen LogP contribution in [0.1, 0.15) is 28.2 Å². The molecule has 1 aliphatic carbocycles. The van der Waals surface area contributed by atoms with Gasteiger partial charge in [-0.2, -0.15) is 0 Å². The summed E-state index contributed by atoms with van der Waals surface area (Å²) in [5.74, 6) is -0.958. The van der Waals surface area contributed by atoms with E-state index in [0.29, 0.717) is 34.2 Å². The first-order chi connectivity index (χ1) is 10.0. The number of carboxylic acids is 1. The van der Waals surface area contributed by atoms with E-state index in [1.807, 2.05) is 0 Å². The molecule has 0 aliphatic heterocycles. The van der Waals surface area contributed by atoms with Gasteiger partial charge < -0.3 is 10.4 Å². The molecule has 3 rings (SSSR count). The molecule has 2 aromatic heterocycles. The number of aromatic nitrogens is 3. The number of thiazole rings is 1. The molecule has 1 saturated carbocycles. The van der Waals surface area contributed by atoms with Gasteiger partial charge in [0.15, 0.2) is 10.8 Å². The summed E-state index contributed by atoms with van der Waals surface area (Å²) in [4.78, 5) is 36.2. The fraction of sp³-hybridized carbons (Fsp3) is 0.308. The van der Waals surface area contributed by atoms with Crippen LogP contribution in [0.15, 0.2) is 18.5 Å². The molecule has 1 amide bonds. The largest absolute Gasteiger partial charge is 0.480 e. The van der Waals surface area contributed by atoms with Gasteiger partial charge in [-0.3, -0.25) is 4.79 Å². The second kappa shape index (κ2) is 4.88. The Morgan fingerprint density at radius 2 is 2.00 bits per heavy atom. The Morgan fingerprint density at radius 3 is 2.57 bits per heavy atom. The zero-order valence-electron chi connectivity index (χ0n) is 11.2. The van der Waals surface area contributed by atoms with Crippen molar-refractivity contribution < 1.29 is 14.7 Å². The quantitative estimate of drug-likeness (QED) is 0.881. The number of aliphatic carboxylic acids is 1. The van der Waals surface area contributed by atoms with E-state index < -0.39 is 17.4 Å². The molecule has 0 saturated heterocycles. The van der Waals surface area contributed by atoms with E-state index in [-0.39, 0.29) is 0 Å². The number of amides is 1. The first-order valence-corrected chi connectivity index (χ1v) is 7.14. The molecule has 0 bridgehead atoms. The van der Waals surface area contributed by atoms with E-state index in [1.165, 1.54) is 0 Å². The van der Waals surface area contributed by atoms with Crippen molar-refractivity contribution in [2.24, 2.45) is 0 Å². The van der Waals surface area contributed by atoms with Crippen LogP contribution in [0.2, 0.25) is 0 Å². The average molecular weight is 304 g/mol. The minimum Gasteiger partial charge on any atom is -0.480 e. The lowest BCUT2D eigenvalue weighted by Gasteiger charge is -2.11. The summed E-state index contributed by atoms with van der Waals surface area (Å²) in [6, 6.07) is 1.70. The SMILES string of the molecule is Cc1nc(-c2ncccn2)sc1C(=O)NC1(C(=O)O)CC1. The fourth-order valence-electron chi connectivity index (χ4n) is 1.90. The maximum atomic E-state index is 12.2. The molecule has 2 aromatic rings. The van der Waals surface area contributed by atoms with Crippen molar-refractivity contribution in [1.82, 2.24) is 20.3 Å². The van der Waals surface area contributed by atoms with Crippen LogP contribution < -0.4 is 5.32 Å². The minimum absolute atomic E-state index is 0.393. The van der Waals surface area contributed by atoms with Crippen molar-refractivity contribution in [3.05, 3.63) is 29.0 Å². The monoisotopic (exact) mass is 304 g/mol. The van der Waals surface area contributed by atoms with Crippen molar-refractivity contribution >= 4 is 23.2 Å². The highest BCUT2D eigenvalue weighted by Gasteiger charge is 2.52. The molecule has 108 valence electrons. The number of carbonyl (C=O) groups is 2. The molecule has 21 heavy (non-hydrogen) atoms. The smallest absolute Gasteiger partial charge is 0.329 e. The molecule has 1 fully saturated rings. The van der Waals surface area contributed by atoms with Crippen molar-refractivity contribution in [3.63, 3.8) is 0 Å². The third kappa shape index (κ3) is 2.49. The van der Waals surface area contributed by atoms with Crippen molar-refractivity contribution in [2.75, 3.05) is 0 Å². The third-order valence-corrected chi connectivity index (χ3v) is 4.42. The summed E-state index contributed by atoms with van der Waals surface area (Å²) >= 11 is 1.16. The Hall–Kier alpha value is -2.35. The predicted molar refractivity (Wildman–Crippen MR) is 74.9 cm³/mol. The molecule has 0 unspecified atom stereocenters. The Labute approximate surface area is 124 Å². The van der Waals surface area contributed by atoms with Crippen molar-refractivity contribution in [3.8, 4) is 10.8 Å². The fourth-order valence-corrected chi connectivity index (χ4v) is 2.81. The highest BCUT2D eigenvalue weighted by molar-refractivity contribution is 7.17. The molecular weight excluding hydrogens is 292 g/mol. The maximum Gasteiger partial charge on any atom is 0.329 e. The second-order valence-electron chi connectivity index (χ2n) is 4.85. The molecule has 0 radical (unpaired) electrons. The lowest BCUT2D eigenvalue weighted by molar-refractivity contribution is -0.140. The van der Waals surface area contributed by atoms with Crippen LogP contribution in [0.5, 0.6) is 0 Å². The average Bonchev–Trinajstić information content (AvgIpc) is 3.15. The number of aryl methyl sites for hydroxylation is 1. The van der Waals surface area contributed by atoms with Gasteiger partial charge in [0.2, 0.25) is 0 Å². The normalized spacial score (nSPS) is 15.5. The van der Waals surface area contributed by atoms with E-state index in [9.17, 15) is 9.59 Å². The van der Waals surface area contributed by atoms with E-state index >= 15 is 0 Å². The number of hydrogen-bond acceptors (Lipinski definition) is 6. The van der Waals surface area contributed by atoms with Crippen LogP contribution in [0.4, 0.5) is 0 Å². The molecule has 0 spiro atoms. The summed E-state index contributed by atoms with van der Waals surface area (Å²) < 4.78 is 0. The molecular formula is C13H12N4O3S. The van der Waals surface area contributed by atoms with Gasteiger partial charge in [-0.1, -0.05) is 0 Å². The number of carbonyl (C=O) groups excluding carboxylic acids is 1. The van der Waals surface area contributed by atoms with Gasteiger partial charge in [-0.05, 0) is 25.8 Å². The Balaban J connectivity index is 1.85. The molecule has 1 aliphatic rings. The van der Waals surface area contributed by atoms with Gasteiger partial charge in [0.05, 0.1) is 5.69 Å². The summed E-state index contributed by atoms with van der Waals surface area (Å²) in [6.45, 7) is 1.71. The van der Waals surface area contributed by atoms with Crippen molar-refractivity contribution in [2.45, 2.75) is 25.3 Å². The summed E-state index contributed by atoms with van der Waals surface area (Å²) in [5, 5.41) is 12.2. The van der Waals surface area contributed by atoms with E-state index in [0.717, 1.165) is 11.3 Å². The Morgan fingerprint density at radius 1 is 1.33 bits per heavy atom. The summed E-state index contributed by atoms with van der Waals surface area (Å²) in [7, 11) is 0. The van der Waals surface area contributed by atoms with Gasteiger partial charge >= 0.3 is 5.97 Å². The highest BCUT2D eigenvalue weighted by Crippen LogP contribution is 2.36. The molecule has 0 atom stereocenters. The van der Waals surface area contributed by atoms with Crippen LogP contribution in [0, 0.1) is 6.92 Å². The molecule has 8 heteroatoms. The van der Waals surface area contributed by atoms with Gasteiger partial charge in [0, 0.05) is 12.4 Å². The highest BCUT2D eigenvalue weighted by atomic mass is 32.1. The summed E-state index contributed by atoms with van der Waals surface area (Å²) in [6.07, 6.45) is 4.12. The second-order valence-corrected chi connectivity index (χ2v) is 5.85. The lowest BCUT2D eigenvalue weighted by atomic mass is 10.2. The zero-order valence-corrected chi connectivity index (χ0v) is 12.0. The number of hydrogen-bond donors (Lipinski definition) is 2. The summed E-state index contributed by atoms with van der Waals surface area (Å²) in [5.41, 5.74) is -0.558. The zero-order chi connectivity index (χ0) is 15.0. The van der Waals surface area contributed by atoms with Gasteiger partial charge in [0.1, 0.15) is 10.4 Å². The van der Waals surface area contributed by atoms with E-state index in [4.69, 9.17) is 5.11 Å². The van der Waals surface area contributed by atoms with Crippen LogP contribution in [-0.2, 0) is 4.79 Å². The molecule has 7 nitrogen and oxygen atoms in total. The third-order valence-electron chi connectivity index (χ3n) is 3.27. The van der Waals surface area contributed by atoms with Gasteiger partial charge in [0.25, 0.3) is 5.91 Å². The Bertz CT molecular complexity index is 709. The van der Waals surface area contributed by atoms with Gasteiger partial charge in [-0.25, -0.2) is 19.7 Å². The topological polar surface area (TPSA) is 105 Å². The van der Waals surface area contributed by atoms with E-state index in [2.05, 4.69) is 20.3 Å². The number of nitrogens with one attached hydrogen (secondary N) is 1. The van der Waals surface area contributed by atoms with E-state index in [1.54, 1.807) is 25.4 Å². The molecule has 0 aromatic carbocycles. The first kappa shape index (κ1) is 13.6. The maximum absolute atomic E-state index is 12.2. The van der Waals surface area contributed by atoms with Crippen LogP contribution in [0.3, 0.4) is 0 Å². The first-order valence-electron chi connectivity index (χ1n) is 6.32. The standard InChI is InChI=1S/C13H12N4O3S/c1-7-8(10(18)17-13(3-4-13)12(19)20)21-11(16-7)9-14-5-2-6-15-9/h2,5-6H,3-4H2,1H3,(H,17,18)(H,19,20). The predicted octanol–water partition coefficient (Wildman–Crippen LogP) is 1.26. The number of carboxylic acid groups (broad SMARTS) is 1. The van der Waals surface area contributed by atoms with Crippen molar-refractivity contribution in [1.29, 1.82) is 0 Å². The number of rotatable bonds is 4. The van der Waals surface area contributed by atoms with Crippen LogP contribution >= 0.6 is 11.3 Å². The number of nitrogens with zero attached hydrogens (tertiary/aromatic N) is 3. The minimum atomic E-state index is -1.10. The lowest BCUT2D eigenvalue weighted by Crippen LogP contribution is -2.42. The Kier molecular flexibility index (Phi) is 3.17. The van der Waals surface area contributed by atoms with Crippen LogP contribution in [-0.4, -0.2) is 37.5 Å². The van der Waals surface area contributed by atoms with Gasteiger partial charge in [-0.15, -0.1) is 11.3 Å². The molecule has 2 N–H and O–H groups in total.